The summed E-state index contributed by atoms with van der Waals surface area (Å²) >= 11 is 0. The number of hydrogen-bond donors (Lipinski definition) is 2. The summed E-state index contributed by atoms with van der Waals surface area (Å²) in [6.45, 7) is 2.94. The molecular weight excluding hydrogens is 516 g/mol. The number of halogens is 2. The molecule has 0 bridgehead atoms. The molecule has 1 aliphatic heterocycles. The van der Waals surface area contributed by atoms with Crippen LogP contribution in [0.15, 0.2) is 84.9 Å². The van der Waals surface area contributed by atoms with E-state index in [1.807, 2.05) is 30.3 Å². The zero-order valence-corrected chi connectivity index (χ0v) is 21.5. The van der Waals surface area contributed by atoms with Crippen molar-refractivity contribution in [1.82, 2.24) is 4.98 Å². The number of anilines is 4. The highest BCUT2D eigenvalue weighted by atomic mass is 19.1. The second kappa shape index (κ2) is 11.9. The summed E-state index contributed by atoms with van der Waals surface area (Å²) in [6, 6.07) is 21.8. The number of primary amides is 1. The smallest absolute Gasteiger partial charge is 0.325 e. The summed E-state index contributed by atoms with van der Waals surface area (Å²) < 4.78 is 34.3. The molecule has 40 heavy (non-hydrogen) atoms. The number of carbonyl (C=O) groups excluding carboxylic acids is 2. The molecule has 8 nitrogen and oxygen atoms in total. The number of nitrogens with two attached hydrogens (primary N) is 1. The van der Waals surface area contributed by atoms with Gasteiger partial charge >= 0.3 is 6.03 Å². The quantitative estimate of drug-likeness (QED) is 0.331. The van der Waals surface area contributed by atoms with Crippen LogP contribution in [0.3, 0.4) is 0 Å². The molecular formula is C30H27F2N5O3. The highest BCUT2D eigenvalue weighted by Crippen LogP contribution is 2.31. The summed E-state index contributed by atoms with van der Waals surface area (Å²) in [5.41, 5.74) is 8.42. The highest BCUT2D eigenvalue weighted by Gasteiger charge is 2.24. The van der Waals surface area contributed by atoms with Crippen molar-refractivity contribution >= 4 is 34.8 Å². The lowest BCUT2D eigenvalue weighted by molar-refractivity contribution is -0.115. The van der Waals surface area contributed by atoms with Crippen LogP contribution >= 0.6 is 0 Å². The molecule has 3 N–H and O–H groups in total. The number of para-hydroxylation sites is 1. The fourth-order valence-electron chi connectivity index (χ4n) is 4.58. The number of carbonyl (C=O) groups is 2. The van der Waals surface area contributed by atoms with Gasteiger partial charge in [0.25, 0.3) is 0 Å². The molecule has 1 aliphatic rings. The lowest BCUT2D eigenvalue weighted by Gasteiger charge is -2.29. The first-order valence-electron chi connectivity index (χ1n) is 12.7. The number of urea groups is 1. The largest absolute Gasteiger partial charge is 0.378 e. The Balaban J connectivity index is 1.33. The van der Waals surface area contributed by atoms with Crippen LogP contribution < -0.4 is 20.9 Å². The minimum absolute atomic E-state index is 0.0442. The van der Waals surface area contributed by atoms with Crippen molar-refractivity contribution in [2.45, 2.75) is 6.42 Å². The maximum Gasteiger partial charge on any atom is 0.325 e. The summed E-state index contributed by atoms with van der Waals surface area (Å²) in [7, 11) is 0. The first-order chi connectivity index (χ1) is 19.4. The summed E-state index contributed by atoms with van der Waals surface area (Å²) in [5, 5.41) is 2.95. The third-order valence-electron chi connectivity index (χ3n) is 6.44. The zero-order valence-electron chi connectivity index (χ0n) is 21.5. The van der Waals surface area contributed by atoms with Crippen molar-refractivity contribution in [3.63, 3.8) is 0 Å². The van der Waals surface area contributed by atoms with E-state index in [0.29, 0.717) is 35.1 Å². The van der Waals surface area contributed by atoms with Gasteiger partial charge in [-0.1, -0.05) is 36.4 Å². The van der Waals surface area contributed by atoms with E-state index in [1.165, 1.54) is 12.1 Å². The van der Waals surface area contributed by atoms with Gasteiger partial charge in [-0.3, -0.25) is 4.79 Å². The number of pyridine rings is 1. The molecule has 0 spiro atoms. The summed E-state index contributed by atoms with van der Waals surface area (Å²) in [5.74, 6) is -2.13. The second-order valence-electron chi connectivity index (χ2n) is 9.20. The van der Waals surface area contributed by atoms with E-state index in [4.69, 9.17) is 10.5 Å². The number of amides is 3. The third kappa shape index (κ3) is 6.08. The van der Waals surface area contributed by atoms with Crippen molar-refractivity contribution in [2.75, 3.05) is 41.4 Å². The predicted molar refractivity (Wildman–Crippen MR) is 150 cm³/mol. The molecule has 204 valence electrons. The van der Waals surface area contributed by atoms with Crippen LogP contribution in [0.2, 0.25) is 0 Å². The van der Waals surface area contributed by atoms with Crippen molar-refractivity contribution in [3.8, 4) is 11.3 Å². The molecule has 3 amide bonds. The lowest BCUT2D eigenvalue weighted by Crippen LogP contribution is -2.36. The third-order valence-corrected chi connectivity index (χ3v) is 6.44. The maximum atomic E-state index is 14.5. The van der Waals surface area contributed by atoms with Crippen LogP contribution in [0.1, 0.15) is 5.56 Å². The summed E-state index contributed by atoms with van der Waals surface area (Å²) in [4.78, 5) is 32.4. The standard InChI is InChI=1S/C30H27F2N5O3/c31-24-9-3-10-25(32)29(24)37(30(33)39)27-12-4-11-26(35-27)21-6-1-5-20(17-21)18-28(38)34-22-7-2-8-23(19-22)36-13-15-40-16-14-36/h1-12,17,19H,13-16,18H2,(H2,33,39)(H,34,38). The minimum atomic E-state index is -1.09. The van der Waals surface area contributed by atoms with Crippen LogP contribution in [0, 0.1) is 11.6 Å². The molecule has 0 atom stereocenters. The van der Waals surface area contributed by atoms with Crippen LogP contribution in [0.5, 0.6) is 0 Å². The highest BCUT2D eigenvalue weighted by molar-refractivity contribution is 5.98. The molecule has 4 aromatic rings. The second-order valence-corrected chi connectivity index (χ2v) is 9.20. The van der Waals surface area contributed by atoms with E-state index >= 15 is 0 Å². The Labute approximate surface area is 230 Å². The topological polar surface area (TPSA) is 101 Å². The molecule has 1 aromatic heterocycles. The van der Waals surface area contributed by atoms with Gasteiger partial charge in [0.05, 0.1) is 25.3 Å². The van der Waals surface area contributed by atoms with Gasteiger partial charge in [0.15, 0.2) is 0 Å². The van der Waals surface area contributed by atoms with Gasteiger partial charge < -0.3 is 20.7 Å². The van der Waals surface area contributed by atoms with Gasteiger partial charge in [-0.2, -0.15) is 0 Å². The molecule has 1 saturated heterocycles. The number of nitrogens with one attached hydrogen (secondary N) is 1. The van der Waals surface area contributed by atoms with E-state index in [1.54, 1.807) is 30.3 Å². The first-order valence-corrected chi connectivity index (χ1v) is 12.7. The average molecular weight is 544 g/mol. The number of nitrogens with zero attached hydrogens (tertiary/aromatic N) is 3. The molecule has 0 saturated carbocycles. The van der Waals surface area contributed by atoms with Crippen LogP contribution in [-0.4, -0.2) is 43.2 Å². The molecule has 0 aliphatic carbocycles. The van der Waals surface area contributed by atoms with Gasteiger partial charge in [-0.05, 0) is 54.1 Å². The van der Waals surface area contributed by atoms with Crippen LogP contribution in [0.4, 0.5) is 36.5 Å². The SMILES string of the molecule is NC(=O)N(c1cccc(-c2cccc(CC(=O)Nc3cccc(N4CCOCC4)c3)c2)n1)c1c(F)cccc1F. The fourth-order valence-corrected chi connectivity index (χ4v) is 4.58. The van der Waals surface area contributed by atoms with E-state index in [-0.39, 0.29) is 18.1 Å². The minimum Gasteiger partial charge on any atom is -0.378 e. The molecule has 1 fully saturated rings. The molecule has 2 heterocycles. The van der Waals surface area contributed by atoms with Gasteiger partial charge in [0.1, 0.15) is 23.1 Å². The Hall–Kier alpha value is -4.83. The number of aromatic nitrogens is 1. The van der Waals surface area contributed by atoms with Gasteiger partial charge in [-0.15, -0.1) is 0 Å². The van der Waals surface area contributed by atoms with Crippen molar-refractivity contribution in [2.24, 2.45) is 5.73 Å². The molecule has 3 aromatic carbocycles. The zero-order chi connectivity index (χ0) is 28.1. The fraction of sp³-hybridized carbons (Fsp3) is 0.167. The van der Waals surface area contributed by atoms with Crippen molar-refractivity contribution in [3.05, 3.63) is 102 Å². The Morgan fingerprint density at radius 3 is 2.38 bits per heavy atom. The van der Waals surface area contributed by atoms with E-state index in [9.17, 15) is 18.4 Å². The van der Waals surface area contributed by atoms with E-state index in [0.717, 1.165) is 36.5 Å². The maximum absolute atomic E-state index is 14.5. The Kier molecular flexibility index (Phi) is 7.97. The van der Waals surface area contributed by atoms with Crippen molar-refractivity contribution < 1.29 is 23.1 Å². The molecule has 0 radical (unpaired) electrons. The Morgan fingerprint density at radius 2 is 1.62 bits per heavy atom. The van der Waals surface area contributed by atoms with E-state index in [2.05, 4.69) is 15.2 Å². The van der Waals surface area contributed by atoms with Crippen LogP contribution in [-0.2, 0) is 16.0 Å². The lowest BCUT2D eigenvalue weighted by atomic mass is 10.0. The Morgan fingerprint density at radius 1 is 0.925 bits per heavy atom. The van der Waals surface area contributed by atoms with Gasteiger partial charge in [0, 0.05) is 30.0 Å². The first kappa shape index (κ1) is 26.8. The number of benzene rings is 3. The number of ether oxygens (including phenoxy) is 1. The average Bonchev–Trinajstić information content (AvgIpc) is 2.95. The van der Waals surface area contributed by atoms with Crippen LogP contribution in [0.25, 0.3) is 11.3 Å². The van der Waals surface area contributed by atoms with E-state index < -0.39 is 23.4 Å². The number of rotatable bonds is 7. The summed E-state index contributed by atoms with van der Waals surface area (Å²) in [6.07, 6.45) is 0.114. The predicted octanol–water partition coefficient (Wildman–Crippen LogP) is 5.26. The number of hydrogen-bond acceptors (Lipinski definition) is 5. The normalized spacial score (nSPS) is 13.1. The van der Waals surface area contributed by atoms with Gasteiger partial charge in [-0.25, -0.2) is 23.5 Å². The molecule has 10 heteroatoms. The molecule has 5 rings (SSSR count). The molecule has 0 unspecified atom stereocenters. The monoisotopic (exact) mass is 543 g/mol. The Bertz CT molecular complexity index is 1520. The van der Waals surface area contributed by atoms with Crippen molar-refractivity contribution in [1.29, 1.82) is 0 Å². The number of morpholine rings is 1. The van der Waals surface area contributed by atoms with Gasteiger partial charge in [0.2, 0.25) is 5.91 Å².